The molecular weight excluding hydrogens is 554 g/mol. The molecule has 1 aliphatic carbocycles. The number of aryl methyl sites for hydroxylation is 1. The minimum atomic E-state index is -1.99. The van der Waals surface area contributed by atoms with Crippen LogP contribution in [-0.2, 0) is 27.0 Å². The van der Waals surface area contributed by atoms with E-state index in [0.717, 1.165) is 48.1 Å². The third-order valence-electron chi connectivity index (χ3n) is 9.82. The number of carbonyl (C=O) groups is 1. The molecule has 2 aromatic carbocycles. The molecule has 1 unspecified atom stereocenters. The normalized spacial score (nSPS) is 18.3. The van der Waals surface area contributed by atoms with Crippen LogP contribution in [-0.4, -0.2) is 33.5 Å². The van der Waals surface area contributed by atoms with E-state index in [4.69, 9.17) is 18.6 Å². The molecule has 0 amide bonds. The topological polar surface area (TPSA) is 66.9 Å². The highest BCUT2D eigenvalue weighted by atomic mass is 28.4. The molecule has 0 N–H and O–H groups in total. The number of pyridine rings is 1. The highest BCUT2D eigenvalue weighted by molar-refractivity contribution is 6.74. The first-order valence-corrected chi connectivity index (χ1v) is 18.5. The highest BCUT2D eigenvalue weighted by Crippen LogP contribution is 2.49. The zero-order valence-electron chi connectivity index (χ0n) is 27.0. The van der Waals surface area contributed by atoms with Gasteiger partial charge in [0.25, 0.3) is 0 Å². The fourth-order valence-corrected chi connectivity index (χ4v) is 6.92. The summed E-state index contributed by atoms with van der Waals surface area (Å²) >= 11 is 0. The van der Waals surface area contributed by atoms with Crippen molar-refractivity contribution in [3.8, 4) is 22.8 Å². The van der Waals surface area contributed by atoms with Gasteiger partial charge in [0, 0.05) is 12.3 Å². The van der Waals surface area contributed by atoms with Crippen LogP contribution in [0.15, 0.2) is 54.7 Å². The number of aromatic nitrogens is 1. The van der Waals surface area contributed by atoms with Gasteiger partial charge < -0.3 is 18.6 Å². The van der Waals surface area contributed by atoms with Gasteiger partial charge >= 0.3 is 5.97 Å². The number of ether oxygens (including phenoxy) is 3. The predicted octanol–water partition coefficient (Wildman–Crippen LogP) is 8.65. The molecule has 0 radical (unpaired) electrons. The van der Waals surface area contributed by atoms with Crippen LogP contribution in [0.2, 0.25) is 18.1 Å². The van der Waals surface area contributed by atoms with Gasteiger partial charge in [-0.05, 0) is 107 Å². The molecule has 3 aromatic rings. The highest BCUT2D eigenvalue weighted by Gasteiger charge is 2.40. The number of benzene rings is 2. The summed E-state index contributed by atoms with van der Waals surface area (Å²) in [5, 5.41) is 0.110. The average Bonchev–Trinajstić information content (AvgIpc) is 3.84. The van der Waals surface area contributed by atoms with Gasteiger partial charge in [-0.2, -0.15) is 0 Å². The molecule has 230 valence electrons. The maximum atomic E-state index is 12.5. The monoisotopic (exact) mass is 601 g/mol. The Balaban J connectivity index is 1.47. The lowest BCUT2D eigenvalue weighted by Gasteiger charge is -2.37. The first-order chi connectivity index (χ1) is 20.4. The van der Waals surface area contributed by atoms with E-state index in [-0.39, 0.29) is 28.9 Å². The molecule has 2 aliphatic rings. The summed E-state index contributed by atoms with van der Waals surface area (Å²) in [6.45, 7) is 13.9. The zero-order chi connectivity index (χ0) is 30.9. The first kappa shape index (κ1) is 31.3. The molecule has 3 atom stereocenters. The second-order valence-electron chi connectivity index (χ2n) is 13.7. The first-order valence-electron chi connectivity index (χ1n) is 15.6. The van der Waals surface area contributed by atoms with Crippen LogP contribution in [0, 0.1) is 11.8 Å². The number of hydrogen-bond donors (Lipinski definition) is 0. The van der Waals surface area contributed by atoms with Gasteiger partial charge in [0.2, 0.25) is 5.88 Å². The number of methoxy groups -OCH3 is 2. The Bertz CT molecular complexity index is 1460. The fraction of sp³-hybridized carbons (Fsp3) is 0.500. The van der Waals surface area contributed by atoms with Crippen LogP contribution in [0.4, 0.5) is 0 Å². The van der Waals surface area contributed by atoms with E-state index in [1.54, 1.807) is 13.3 Å². The van der Waals surface area contributed by atoms with Crippen molar-refractivity contribution in [3.63, 3.8) is 0 Å². The van der Waals surface area contributed by atoms with Gasteiger partial charge in [-0.25, -0.2) is 4.98 Å². The molecule has 1 aliphatic heterocycles. The summed E-state index contributed by atoms with van der Waals surface area (Å²) in [5.74, 6) is 1.85. The van der Waals surface area contributed by atoms with Crippen LogP contribution in [0.3, 0.4) is 0 Å². The van der Waals surface area contributed by atoms with E-state index >= 15 is 0 Å². The summed E-state index contributed by atoms with van der Waals surface area (Å²) in [6.07, 6.45) is 5.83. The number of nitrogens with zero attached hydrogens (tertiary/aromatic N) is 1. The number of fused-ring (bicyclic) bond motifs is 1. The third kappa shape index (κ3) is 6.83. The Morgan fingerprint density at radius 1 is 1.02 bits per heavy atom. The van der Waals surface area contributed by atoms with Crippen LogP contribution in [0.5, 0.6) is 11.6 Å². The Morgan fingerprint density at radius 3 is 2.44 bits per heavy atom. The Labute approximate surface area is 258 Å². The van der Waals surface area contributed by atoms with E-state index in [9.17, 15) is 4.79 Å². The van der Waals surface area contributed by atoms with Crippen LogP contribution < -0.4 is 9.47 Å². The quantitative estimate of drug-likeness (QED) is 0.171. The molecule has 7 heteroatoms. The molecule has 1 aromatic heterocycles. The summed E-state index contributed by atoms with van der Waals surface area (Å²) in [6, 6.07) is 17.2. The summed E-state index contributed by atoms with van der Waals surface area (Å²) in [5.41, 5.74) is 6.86. The lowest BCUT2D eigenvalue weighted by atomic mass is 9.82. The SMILES string of the molecule is COC(=O)[C@@H](C)[C@H](c1ccc2c(c1)OC(c1ccc(-c3ccnc(OC)c3)cc1CO[Si](C)(C)C(C)(C)C)CC2)C1CC1. The van der Waals surface area contributed by atoms with Crippen molar-refractivity contribution in [2.24, 2.45) is 11.8 Å². The van der Waals surface area contributed by atoms with Crippen molar-refractivity contribution in [2.75, 3.05) is 14.2 Å². The fourth-order valence-electron chi connectivity index (χ4n) is 5.97. The number of rotatable bonds is 10. The van der Waals surface area contributed by atoms with Crippen molar-refractivity contribution in [2.45, 2.75) is 90.1 Å². The molecule has 1 saturated carbocycles. The lowest BCUT2D eigenvalue weighted by Crippen LogP contribution is -2.40. The molecular formula is C36H47NO5Si. The van der Waals surface area contributed by atoms with Crippen LogP contribution in [0.25, 0.3) is 11.1 Å². The molecule has 43 heavy (non-hydrogen) atoms. The molecule has 0 bridgehead atoms. The van der Waals surface area contributed by atoms with Gasteiger partial charge in [0.1, 0.15) is 11.9 Å². The van der Waals surface area contributed by atoms with E-state index in [2.05, 4.69) is 75.2 Å². The van der Waals surface area contributed by atoms with Crippen molar-refractivity contribution >= 4 is 14.3 Å². The molecule has 5 rings (SSSR count). The minimum absolute atomic E-state index is 0.0841. The molecule has 1 fully saturated rings. The summed E-state index contributed by atoms with van der Waals surface area (Å²) in [4.78, 5) is 16.8. The van der Waals surface area contributed by atoms with E-state index in [1.165, 1.54) is 23.8 Å². The summed E-state index contributed by atoms with van der Waals surface area (Å²) in [7, 11) is 1.13. The van der Waals surface area contributed by atoms with Gasteiger partial charge in [-0.15, -0.1) is 0 Å². The summed E-state index contributed by atoms with van der Waals surface area (Å²) < 4.78 is 24.1. The smallest absolute Gasteiger partial charge is 0.309 e. The lowest BCUT2D eigenvalue weighted by molar-refractivity contribution is -0.145. The molecule has 6 nitrogen and oxygen atoms in total. The standard InChI is InChI=1S/C36H47NO5Si/c1-23(35(38)40-6)34(25-10-11-25)28-12-9-24-14-16-31(42-32(24)20-28)30-15-13-26(27-17-18-37-33(21-27)39-5)19-29(30)22-41-43(7,8)36(2,3)4/h9,12-13,15,17-21,23,25,31,34H,10-11,14,16,22H2,1-8H3/t23-,31?,34-/m0/s1. The minimum Gasteiger partial charge on any atom is -0.485 e. The zero-order valence-corrected chi connectivity index (χ0v) is 28.0. The average molecular weight is 602 g/mol. The number of esters is 1. The Kier molecular flexibility index (Phi) is 9.05. The van der Waals surface area contributed by atoms with Crippen molar-refractivity contribution in [1.82, 2.24) is 4.98 Å². The van der Waals surface area contributed by atoms with E-state index in [1.807, 2.05) is 19.1 Å². The van der Waals surface area contributed by atoms with Crippen molar-refractivity contribution < 1.29 is 23.4 Å². The molecule has 0 spiro atoms. The van der Waals surface area contributed by atoms with E-state index < -0.39 is 8.32 Å². The maximum absolute atomic E-state index is 12.5. The van der Waals surface area contributed by atoms with E-state index in [0.29, 0.717) is 18.4 Å². The molecule has 2 heterocycles. The van der Waals surface area contributed by atoms with Gasteiger partial charge in [-0.1, -0.05) is 52.0 Å². The molecule has 0 saturated heterocycles. The van der Waals surface area contributed by atoms with Gasteiger partial charge in [0.15, 0.2) is 8.32 Å². The van der Waals surface area contributed by atoms with Crippen LogP contribution in [0.1, 0.15) is 81.2 Å². The van der Waals surface area contributed by atoms with Crippen molar-refractivity contribution in [3.05, 3.63) is 77.0 Å². The van der Waals surface area contributed by atoms with Crippen LogP contribution >= 0.6 is 0 Å². The Morgan fingerprint density at radius 2 is 1.77 bits per heavy atom. The maximum Gasteiger partial charge on any atom is 0.309 e. The van der Waals surface area contributed by atoms with Crippen molar-refractivity contribution in [1.29, 1.82) is 0 Å². The Hall–Kier alpha value is -3.16. The predicted molar refractivity (Wildman–Crippen MR) is 173 cm³/mol. The second kappa shape index (κ2) is 12.4. The largest absolute Gasteiger partial charge is 0.485 e. The number of carbonyl (C=O) groups excluding carboxylic acids is 1. The second-order valence-corrected chi connectivity index (χ2v) is 18.5. The number of hydrogen-bond acceptors (Lipinski definition) is 6. The van der Waals surface area contributed by atoms with Gasteiger partial charge in [0.05, 0.1) is 26.7 Å². The van der Waals surface area contributed by atoms with Gasteiger partial charge in [-0.3, -0.25) is 4.79 Å². The third-order valence-corrected chi connectivity index (χ3v) is 14.3.